The van der Waals surface area contributed by atoms with Crippen molar-refractivity contribution in [2.75, 3.05) is 11.9 Å². The third-order valence-corrected chi connectivity index (χ3v) is 4.44. The first-order valence-corrected chi connectivity index (χ1v) is 8.27. The van der Waals surface area contributed by atoms with Crippen LogP contribution in [-0.4, -0.2) is 7.05 Å². The largest absolute Gasteiger partial charge is 0.345 e. The number of benzene rings is 3. The lowest BCUT2D eigenvalue weighted by molar-refractivity contribution is 0.612. The minimum absolute atomic E-state index is 0.141. The highest BCUT2D eigenvalue weighted by atomic mass is 19.1. The van der Waals surface area contributed by atoms with Gasteiger partial charge in [0.05, 0.1) is 0 Å². The Labute approximate surface area is 143 Å². The molecule has 0 aliphatic carbocycles. The topological polar surface area (TPSA) is 3.24 Å². The molecule has 0 aliphatic heterocycles. The maximum Gasteiger partial charge on any atom is 0.128 e. The molecule has 3 rings (SSSR count). The van der Waals surface area contributed by atoms with Crippen molar-refractivity contribution >= 4 is 11.4 Å². The molecule has 24 heavy (non-hydrogen) atoms. The molecular formula is C22H22FN. The van der Waals surface area contributed by atoms with E-state index < -0.39 is 0 Å². The van der Waals surface area contributed by atoms with Crippen molar-refractivity contribution in [3.8, 4) is 11.1 Å². The standard InChI is InChI=1S/C22H22FN/c1-4-17-9-14-21(15-22(17)23)24(3)20-12-10-19(11-13-20)18-7-5-16(2)6-8-18/h5-15H,4H2,1-3H3. The maximum atomic E-state index is 14.0. The van der Waals surface area contributed by atoms with Crippen LogP contribution in [0.5, 0.6) is 0 Å². The van der Waals surface area contributed by atoms with E-state index in [-0.39, 0.29) is 5.82 Å². The van der Waals surface area contributed by atoms with Crippen molar-refractivity contribution in [1.82, 2.24) is 0 Å². The van der Waals surface area contributed by atoms with Gasteiger partial charge in [-0.1, -0.05) is 55.0 Å². The van der Waals surface area contributed by atoms with Crippen LogP contribution in [0.1, 0.15) is 18.1 Å². The fraction of sp³-hybridized carbons (Fsp3) is 0.182. The lowest BCUT2D eigenvalue weighted by atomic mass is 10.0. The van der Waals surface area contributed by atoms with Crippen LogP contribution in [0.2, 0.25) is 0 Å². The average Bonchev–Trinajstić information content (AvgIpc) is 2.62. The van der Waals surface area contributed by atoms with Gasteiger partial charge in [-0.2, -0.15) is 0 Å². The molecule has 3 aromatic rings. The van der Waals surface area contributed by atoms with Crippen LogP contribution in [0.15, 0.2) is 66.7 Å². The van der Waals surface area contributed by atoms with Crippen molar-refractivity contribution in [3.63, 3.8) is 0 Å². The Morgan fingerprint density at radius 2 is 1.33 bits per heavy atom. The molecule has 0 amide bonds. The van der Waals surface area contributed by atoms with Crippen molar-refractivity contribution in [1.29, 1.82) is 0 Å². The lowest BCUT2D eigenvalue weighted by Gasteiger charge is -2.20. The second kappa shape index (κ2) is 6.88. The van der Waals surface area contributed by atoms with Gasteiger partial charge in [-0.15, -0.1) is 0 Å². The minimum Gasteiger partial charge on any atom is -0.345 e. The van der Waals surface area contributed by atoms with Crippen LogP contribution in [0.3, 0.4) is 0 Å². The smallest absolute Gasteiger partial charge is 0.128 e. The lowest BCUT2D eigenvalue weighted by Crippen LogP contribution is -2.09. The molecule has 0 unspecified atom stereocenters. The highest BCUT2D eigenvalue weighted by Gasteiger charge is 2.08. The summed E-state index contributed by atoms with van der Waals surface area (Å²) in [5.74, 6) is -0.141. The first-order valence-electron chi connectivity index (χ1n) is 8.27. The highest BCUT2D eigenvalue weighted by Crippen LogP contribution is 2.28. The molecule has 0 atom stereocenters. The van der Waals surface area contributed by atoms with Gasteiger partial charge in [0.1, 0.15) is 5.82 Å². The molecular weight excluding hydrogens is 297 g/mol. The van der Waals surface area contributed by atoms with Gasteiger partial charge in [0.25, 0.3) is 0 Å². The SMILES string of the molecule is CCc1ccc(N(C)c2ccc(-c3ccc(C)cc3)cc2)cc1F. The molecule has 0 aliphatic rings. The van der Waals surface area contributed by atoms with E-state index in [2.05, 4.69) is 55.5 Å². The Balaban J connectivity index is 1.84. The van der Waals surface area contributed by atoms with Crippen molar-refractivity contribution in [2.45, 2.75) is 20.3 Å². The third-order valence-electron chi connectivity index (χ3n) is 4.44. The van der Waals surface area contributed by atoms with E-state index in [1.165, 1.54) is 16.7 Å². The molecule has 0 saturated carbocycles. The summed E-state index contributed by atoms with van der Waals surface area (Å²) in [6, 6.07) is 22.3. The van der Waals surface area contributed by atoms with E-state index in [1.807, 2.05) is 31.0 Å². The Hall–Kier alpha value is -2.61. The van der Waals surface area contributed by atoms with Gasteiger partial charge >= 0.3 is 0 Å². The van der Waals surface area contributed by atoms with E-state index >= 15 is 0 Å². The summed E-state index contributed by atoms with van der Waals surface area (Å²) in [6.45, 7) is 4.05. The Morgan fingerprint density at radius 3 is 1.88 bits per heavy atom. The number of nitrogens with zero attached hydrogens (tertiary/aromatic N) is 1. The fourth-order valence-corrected chi connectivity index (χ4v) is 2.80. The summed E-state index contributed by atoms with van der Waals surface area (Å²) < 4.78 is 14.0. The molecule has 0 fully saturated rings. The number of hydrogen-bond acceptors (Lipinski definition) is 1. The van der Waals surface area contributed by atoms with E-state index in [9.17, 15) is 4.39 Å². The molecule has 0 radical (unpaired) electrons. The molecule has 0 saturated heterocycles. The van der Waals surface area contributed by atoms with Gasteiger partial charge in [-0.05, 0) is 54.3 Å². The molecule has 0 heterocycles. The first-order chi connectivity index (χ1) is 11.6. The van der Waals surface area contributed by atoms with Gasteiger partial charge in [0, 0.05) is 18.4 Å². The maximum absolute atomic E-state index is 14.0. The van der Waals surface area contributed by atoms with Gasteiger partial charge in [0.15, 0.2) is 0 Å². The number of halogens is 1. The van der Waals surface area contributed by atoms with Crippen LogP contribution in [0, 0.1) is 12.7 Å². The molecule has 0 N–H and O–H groups in total. The summed E-state index contributed by atoms with van der Waals surface area (Å²) >= 11 is 0. The second-order valence-electron chi connectivity index (χ2n) is 6.10. The predicted octanol–water partition coefficient (Wildman–Crippen LogP) is 6.13. The minimum atomic E-state index is -0.141. The molecule has 3 aromatic carbocycles. The van der Waals surface area contributed by atoms with Crippen LogP contribution >= 0.6 is 0 Å². The summed E-state index contributed by atoms with van der Waals surface area (Å²) in [6.07, 6.45) is 0.709. The van der Waals surface area contributed by atoms with Gasteiger partial charge in [-0.25, -0.2) is 4.39 Å². The second-order valence-corrected chi connectivity index (χ2v) is 6.10. The fourth-order valence-electron chi connectivity index (χ4n) is 2.80. The van der Waals surface area contributed by atoms with Crippen molar-refractivity contribution < 1.29 is 4.39 Å². The zero-order valence-corrected chi connectivity index (χ0v) is 14.4. The van der Waals surface area contributed by atoms with Crippen LogP contribution in [-0.2, 0) is 6.42 Å². The summed E-state index contributed by atoms with van der Waals surface area (Å²) in [5, 5.41) is 0. The summed E-state index contributed by atoms with van der Waals surface area (Å²) in [5.41, 5.74) is 6.28. The van der Waals surface area contributed by atoms with Gasteiger partial charge in [0.2, 0.25) is 0 Å². The quantitative estimate of drug-likeness (QED) is 0.559. The number of aryl methyl sites for hydroxylation is 2. The van der Waals surface area contributed by atoms with E-state index in [0.29, 0.717) is 6.42 Å². The Morgan fingerprint density at radius 1 is 0.792 bits per heavy atom. The molecule has 1 nitrogen and oxygen atoms in total. The van der Waals surface area contributed by atoms with Gasteiger partial charge < -0.3 is 4.90 Å². The Bertz CT molecular complexity index is 820. The van der Waals surface area contributed by atoms with E-state index in [1.54, 1.807) is 6.07 Å². The first kappa shape index (κ1) is 16.3. The van der Waals surface area contributed by atoms with Crippen LogP contribution in [0.4, 0.5) is 15.8 Å². The third kappa shape index (κ3) is 3.33. The van der Waals surface area contributed by atoms with Crippen LogP contribution < -0.4 is 4.90 Å². The monoisotopic (exact) mass is 319 g/mol. The van der Waals surface area contributed by atoms with Gasteiger partial charge in [-0.3, -0.25) is 0 Å². The molecule has 2 heteroatoms. The van der Waals surface area contributed by atoms with E-state index in [4.69, 9.17) is 0 Å². The number of rotatable bonds is 4. The van der Waals surface area contributed by atoms with E-state index in [0.717, 1.165) is 16.9 Å². The predicted molar refractivity (Wildman–Crippen MR) is 100 cm³/mol. The van der Waals surface area contributed by atoms with Crippen molar-refractivity contribution in [2.24, 2.45) is 0 Å². The summed E-state index contributed by atoms with van der Waals surface area (Å²) in [4.78, 5) is 2.00. The zero-order chi connectivity index (χ0) is 17.1. The molecule has 0 spiro atoms. The Kier molecular flexibility index (Phi) is 4.66. The summed E-state index contributed by atoms with van der Waals surface area (Å²) in [7, 11) is 1.96. The van der Waals surface area contributed by atoms with Crippen molar-refractivity contribution in [3.05, 3.63) is 83.7 Å². The number of anilines is 2. The molecule has 122 valence electrons. The van der Waals surface area contributed by atoms with Crippen LogP contribution in [0.25, 0.3) is 11.1 Å². The molecule has 0 bridgehead atoms. The normalized spacial score (nSPS) is 10.7. The zero-order valence-electron chi connectivity index (χ0n) is 14.4. The average molecular weight is 319 g/mol. The molecule has 0 aromatic heterocycles. The number of hydrogen-bond donors (Lipinski definition) is 0. The highest BCUT2D eigenvalue weighted by molar-refractivity contribution is 5.69.